The van der Waals surface area contributed by atoms with Crippen molar-refractivity contribution in [3.05, 3.63) is 22.8 Å². The van der Waals surface area contributed by atoms with Crippen molar-refractivity contribution < 1.29 is 0 Å². The number of anilines is 2. The van der Waals surface area contributed by atoms with Gasteiger partial charge in [-0.2, -0.15) is 0 Å². The molecule has 0 aliphatic carbocycles. The number of hydrogen-bond acceptors (Lipinski definition) is 2. The molecule has 2 nitrogen and oxygen atoms in total. The van der Waals surface area contributed by atoms with Crippen LogP contribution in [0.4, 0.5) is 11.4 Å². The van der Waals surface area contributed by atoms with Gasteiger partial charge < -0.3 is 11.1 Å². The summed E-state index contributed by atoms with van der Waals surface area (Å²) in [6.07, 6.45) is 2.11. The molecule has 0 amide bonds. The zero-order valence-electron chi connectivity index (χ0n) is 8.28. The number of nitrogens with one attached hydrogen (secondary N) is 1. The van der Waals surface area contributed by atoms with Crippen molar-refractivity contribution >= 4 is 11.4 Å². The molecule has 1 aromatic rings. The summed E-state index contributed by atoms with van der Waals surface area (Å²) in [6, 6.07) is 2.20. The van der Waals surface area contributed by atoms with Crippen LogP contribution in [0.1, 0.15) is 23.6 Å². The average Bonchev–Trinajstić information content (AvgIpc) is 2.60. The summed E-state index contributed by atoms with van der Waals surface area (Å²) in [7, 11) is 0. The van der Waals surface area contributed by atoms with Gasteiger partial charge in [0.15, 0.2) is 0 Å². The van der Waals surface area contributed by atoms with Crippen molar-refractivity contribution in [2.75, 3.05) is 17.6 Å². The summed E-state index contributed by atoms with van der Waals surface area (Å²) in [5.74, 6) is 0. The number of rotatable bonds is 1. The molecular formula is C11H16N2. The van der Waals surface area contributed by atoms with Crippen molar-refractivity contribution in [2.24, 2.45) is 0 Å². The summed E-state index contributed by atoms with van der Waals surface area (Å²) in [4.78, 5) is 0. The monoisotopic (exact) mass is 176 g/mol. The Kier molecular flexibility index (Phi) is 1.91. The lowest BCUT2D eigenvalue weighted by atomic mass is 9.99. The molecule has 70 valence electrons. The number of fused-ring (bicyclic) bond motifs is 1. The van der Waals surface area contributed by atoms with Crippen molar-refractivity contribution in [3.63, 3.8) is 0 Å². The maximum Gasteiger partial charge on any atom is 0.0424 e. The number of nitrogen functional groups attached to an aromatic ring is 1. The fraction of sp³-hybridized carbons (Fsp3) is 0.455. The second-order valence-corrected chi connectivity index (χ2v) is 3.65. The molecule has 1 heterocycles. The Bertz CT molecular complexity index is 342. The molecule has 13 heavy (non-hydrogen) atoms. The summed E-state index contributed by atoms with van der Waals surface area (Å²) in [5.41, 5.74) is 12.3. The van der Waals surface area contributed by atoms with Crippen LogP contribution < -0.4 is 11.1 Å². The Balaban J connectivity index is 2.62. The van der Waals surface area contributed by atoms with E-state index in [9.17, 15) is 0 Å². The van der Waals surface area contributed by atoms with Gasteiger partial charge in [0.1, 0.15) is 0 Å². The summed E-state index contributed by atoms with van der Waals surface area (Å²) < 4.78 is 0. The third-order valence-electron chi connectivity index (χ3n) is 2.82. The van der Waals surface area contributed by atoms with Crippen LogP contribution in [0, 0.1) is 6.92 Å². The topological polar surface area (TPSA) is 38.0 Å². The first kappa shape index (κ1) is 8.42. The molecule has 1 aliphatic heterocycles. The van der Waals surface area contributed by atoms with Gasteiger partial charge in [0, 0.05) is 23.5 Å². The van der Waals surface area contributed by atoms with Crippen molar-refractivity contribution in [3.8, 4) is 0 Å². The minimum absolute atomic E-state index is 1.01. The highest BCUT2D eigenvalue weighted by Crippen LogP contribution is 2.33. The average molecular weight is 176 g/mol. The first-order valence-corrected chi connectivity index (χ1v) is 4.88. The second-order valence-electron chi connectivity index (χ2n) is 3.65. The third kappa shape index (κ3) is 1.17. The maximum atomic E-state index is 6.07. The number of benzene rings is 1. The molecule has 2 rings (SSSR count). The van der Waals surface area contributed by atoms with E-state index >= 15 is 0 Å². The highest BCUT2D eigenvalue weighted by atomic mass is 14.9. The summed E-state index contributed by atoms with van der Waals surface area (Å²) >= 11 is 0. The van der Waals surface area contributed by atoms with Crippen LogP contribution >= 0.6 is 0 Å². The molecule has 0 radical (unpaired) electrons. The predicted octanol–water partition coefficient (Wildman–Crippen LogP) is 2.11. The molecule has 0 fully saturated rings. The van der Waals surface area contributed by atoms with Gasteiger partial charge in [-0.15, -0.1) is 0 Å². The molecule has 0 unspecified atom stereocenters. The molecule has 0 saturated carbocycles. The van der Waals surface area contributed by atoms with Gasteiger partial charge in [0.2, 0.25) is 0 Å². The third-order valence-corrected chi connectivity index (χ3v) is 2.82. The van der Waals surface area contributed by atoms with Crippen LogP contribution in [-0.2, 0) is 12.8 Å². The molecule has 1 aromatic carbocycles. The summed E-state index contributed by atoms with van der Waals surface area (Å²) in [6.45, 7) is 5.34. The van der Waals surface area contributed by atoms with Crippen LogP contribution in [0.5, 0.6) is 0 Å². The molecular weight excluding hydrogens is 160 g/mol. The van der Waals surface area contributed by atoms with Crippen LogP contribution in [0.3, 0.4) is 0 Å². The second kappa shape index (κ2) is 2.95. The van der Waals surface area contributed by atoms with Crippen molar-refractivity contribution in [2.45, 2.75) is 26.7 Å². The first-order valence-electron chi connectivity index (χ1n) is 4.88. The minimum Gasteiger partial charge on any atom is -0.398 e. The number of hydrogen-bond donors (Lipinski definition) is 2. The number of aryl methyl sites for hydroxylation is 2. The first-order chi connectivity index (χ1) is 6.24. The molecule has 1 aliphatic rings. The van der Waals surface area contributed by atoms with Crippen LogP contribution in [0.2, 0.25) is 0 Å². The van der Waals surface area contributed by atoms with E-state index in [1.54, 1.807) is 0 Å². The highest BCUT2D eigenvalue weighted by Gasteiger charge is 2.17. The van der Waals surface area contributed by atoms with E-state index in [4.69, 9.17) is 5.73 Å². The Morgan fingerprint density at radius 3 is 3.00 bits per heavy atom. The van der Waals surface area contributed by atoms with Gasteiger partial charge in [0.25, 0.3) is 0 Å². The quantitative estimate of drug-likeness (QED) is 0.643. The van der Waals surface area contributed by atoms with Gasteiger partial charge in [0.05, 0.1) is 0 Å². The van der Waals surface area contributed by atoms with Gasteiger partial charge in [-0.3, -0.25) is 0 Å². The zero-order valence-corrected chi connectivity index (χ0v) is 8.28. The van der Waals surface area contributed by atoms with E-state index in [0.717, 1.165) is 25.1 Å². The van der Waals surface area contributed by atoms with Gasteiger partial charge in [-0.05, 0) is 30.9 Å². The zero-order chi connectivity index (χ0) is 9.42. The molecule has 0 aromatic heterocycles. The van der Waals surface area contributed by atoms with Gasteiger partial charge >= 0.3 is 0 Å². The van der Waals surface area contributed by atoms with E-state index in [0.29, 0.717) is 0 Å². The van der Waals surface area contributed by atoms with Gasteiger partial charge in [-0.25, -0.2) is 0 Å². The van der Waals surface area contributed by atoms with Gasteiger partial charge in [-0.1, -0.05) is 13.0 Å². The van der Waals surface area contributed by atoms with E-state index in [2.05, 4.69) is 25.2 Å². The molecule has 3 N–H and O–H groups in total. The normalized spacial score (nSPS) is 14.0. The maximum absolute atomic E-state index is 6.07. The molecule has 0 spiro atoms. The van der Waals surface area contributed by atoms with Crippen LogP contribution in [-0.4, -0.2) is 6.54 Å². The highest BCUT2D eigenvalue weighted by molar-refractivity contribution is 5.73. The predicted molar refractivity (Wildman–Crippen MR) is 57.2 cm³/mol. The minimum atomic E-state index is 1.01. The fourth-order valence-electron chi connectivity index (χ4n) is 2.09. The Hall–Kier alpha value is -1.18. The number of nitrogens with two attached hydrogens (primary N) is 1. The fourth-order valence-corrected chi connectivity index (χ4v) is 2.09. The largest absolute Gasteiger partial charge is 0.398 e. The lowest BCUT2D eigenvalue weighted by molar-refractivity contribution is 1.09. The van der Waals surface area contributed by atoms with Crippen molar-refractivity contribution in [1.29, 1.82) is 0 Å². The van der Waals surface area contributed by atoms with E-state index in [1.165, 1.54) is 22.4 Å². The van der Waals surface area contributed by atoms with Crippen LogP contribution in [0.25, 0.3) is 0 Å². The summed E-state index contributed by atoms with van der Waals surface area (Å²) in [5, 5.41) is 3.38. The smallest absolute Gasteiger partial charge is 0.0424 e. The van der Waals surface area contributed by atoms with E-state index < -0.39 is 0 Å². The SMILES string of the molecule is CCc1cc(C)c2c(c1N)CCN2. The Morgan fingerprint density at radius 2 is 2.31 bits per heavy atom. The molecule has 0 atom stereocenters. The van der Waals surface area contributed by atoms with Crippen molar-refractivity contribution in [1.82, 2.24) is 0 Å². The lowest BCUT2D eigenvalue weighted by Gasteiger charge is -2.11. The van der Waals surface area contributed by atoms with E-state index in [1.807, 2.05) is 0 Å². The molecule has 0 saturated heterocycles. The Labute approximate surface area is 79.1 Å². The molecule has 0 bridgehead atoms. The molecule has 2 heteroatoms. The van der Waals surface area contributed by atoms with E-state index in [-0.39, 0.29) is 0 Å². The Morgan fingerprint density at radius 1 is 1.54 bits per heavy atom. The lowest BCUT2D eigenvalue weighted by Crippen LogP contribution is -1.99. The standard InChI is InChI=1S/C11H16N2/c1-3-8-6-7(2)11-9(10(8)12)4-5-13-11/h6,13H,3-5,12H2,1-2H3. The van der Waals surface area contributed by atoms with Crippen LogP contribution in [0.15, 0.2) is 6.07 Å².